The molecule has 0 spiro atoms. The lowest BCUT2D eigenvalue weighted by Gasteiger charge is -2.31. The van der Waals surface area contributed by atoms with E-state index in [9.17, 15) is 0 Å². The molecule has 1 aliphatic carbocycles. The lowest BCUT2D eigenvalue weighted by atomic mass is 10.1. The van der Waals surface area contributed by atoms with Gasteiger partial charge in [0.15, 0.2) is 0 Å². The second-order valence-electron chi connectivity index (χ2n) is 5.43. The van der Waals surface area contributed by atoms with Crippen LogP contribution in [0.2, 0.25) is 0 Å². The minimum absolute atomic E-state index is 0.536. The van der Waals surface area contributed by atoms with Crippen molar-refractivity contribution in [2.24, 2.45) is 11.7 Å². The molecule has 4 heteroatoms. The van der Waals surface area contributed by atoms with Crippen molar-refractivity contribution < 1.29 is 0 Å². The summed E-state index contributed by atoms with van der Waals surface area (Å²) in [5, 5.41) is 0. The van der Waals surface area contributed by atoms with E-state index in [1.165, 1.54) is 36.4 Å². The van der Waals surface area contributed by atoms with E-state index in [1.807, 2.05) is 11.8 Å². The molecule has 1 heterocycles. The van der Waals surface area contributed by atoms with Crippen LogP contribution in [-0.4, -0.2) is 23.3 Å². The molecule has 3 rings (SSSR count). The van der Waals surface area contributed by atoms with Crippen LogP contribution in [0.15, 0.2) is 23.1 Å². The van der Waals surface area contributed by atoms with Crippen LogP contribution in [-0.2, 0) is 0 Å². The molecule has 2 atom stereocenters. The molecule has 0 aromatic heterocycles. The van der Waals surface area contributed by atoms with Crippen molar-refractivity contribution in [3.8, 4) is 0 Å². The number of hydrogen-bond acceptors (Lipinski definition) is 3. The van der Waals surface area contributed by atoms with Gasteiger partial charge in [-0.25, -0.2) is 0 Å². The molecule has 1 saturated heterocycles. The lowest BCUT2D eigenvalue weighted by molar-refractivity contribution is 0.553. The van der Waals surface area contributed by atoms with Gasteiger partial charge in [-0.05, 0) is 43.1 Å². The summed E-state index contributed by atoms with van der Waals surface area (Å²) in [6.45, 7) is 3.35. The molecule has 2 nitrogen and oxygen atoms in total. The number of thiocarbonyl (C=S) groups is 1. The number of nitrogens with zero attached hydrogens (tertiary/aromatic N) is 1. The Morgan fingerprint density at radius 1 is 1.47 bits per heavy atom. The summed E-state index contributed by atoms with van der Waals surface area (Å²) in [7, 11) is 0. The van der Waals surface area contributed by atoms with E-state index in [-0.39, 0.29) is 0 Å². The van der Waals surface area contributed by atoms with E-state index in [1.54, 1.807) is 0 Å². The third-order valence-electron chi connectivity index (χ3n) is 4.27. The van der Waals surface area contributed by atoms with Crippen LogP contribution in [0.4, 0.5) is 5.69 Å². The van der Waals surface area contributed by atoms with Crippen molar-refractivity contribution in [1.29, 1.82) is 0 Å². The molecule has 0 radical (unpaired) electrons. The molecule has 1 aromatic carbocycles. The second-order valence-corrected chi connectivity index (χ2v) is 7.18. The third kappa shape index (κ3) is 2.36. The van der Waals surface area contributed by atoms with Crippen molar-refractivity contribution in [1.82, 2.24) is 0 Å². The van der Waals surface area contributed by atoms with Crippen LogP contribution in [0.25, 0.3) is 0 Å². The monoisotopic (exact) mass is 292 g/mol. The maximum Gasteiger partial charge on any atom is 0.107 e. The van der Waals surface area contributed by atoms with Crippen molar-refractivity contribution in [3.63, 3.8) is 0 Å². The van der Waals surface area contributed by atoms with E-state index in [0.717, 1.165) is 17.2 Å². The Balaban J connectivity index is 2.00. The molecule has 0 amide bonds. The van der Waals surface area contributed by atoms with Gasteiger partial charge in [-0.3, -0.25) is 0 Å². The molecule has 2 N–H and O–H groups in total. The van der Waals surface area contributed by atoms with Crippen molar-refractivity contribution in [2.75, 3.05) is 17.2 Å². The minimum atomic E-state index is 0.536. The van der Waals surface area contributed by atoms with Crippen LogP contribution in [0.3, 0.4) is 0 Å². The Hall–Kier alpha value is -0.740. The summed E-state index contributed by atoms with van der Waals surface area (Å²) in [6.07, 6.45) is 4.07. The largest absolute Gasteiger partial charge is 0.389 e. The molecule has 2 bridgehead atoms. The zero-order valence-electron chi connectivity index (χ0n) is 11.3. The van der Waals surface area contributed by atoms with E-state index in [4.69, 9.17) is 18.0 Å². The van der Waals surface area contributed by atoms with Crippen LogP contribution in [0, 0.1) is 5.92 Å². The zero-order valence-corrected chi connectivity index (χ0v) is 12.9. The zero-order chi connectivity index (χ0) is 13.4. The molecule has 19 heavy (non-hydrogen) atoms. The Morgan fingerprint density at radius 3 is 2.89 bits per heavy atom. The van der Waals surface area contributed by atoms with Gasteiger partial charge in [-0.2, -0.15) is 0 Å². The van der Waals surface area contributed by atoms with Gasteiger partial charge in [0.05, 0.1) is 0 Å². The van der Waals surface area contributed by atoms with E-state index < -0.39 is 0 Å². The fourth-order valence-corrected chi connectivity index (χ4v) is 4.63. The van der Waals surface area contributed by atoms with Crippen LogP contribution < -0.4 is 10.6 Å². The highest BCUT2D eigenvalue weighted by molar-refractivity contribution is 7.99. The summed E-state index contributed by atoms with van der Waals surface area (Å²) in [5.74, 6) is 1.93. The van der Waals surface area contributed by atoms with E-state index in [0.29, 0.717) is 11.0 Å². The van der Waals surface area contributed by atoms with Gasteiger partial charge in [0, 0.05) is 28.7 Å². The molecule has 2 aliphatic rings. The SMILES string of the molecule is CCSc1cccc(N2CC3CCC2C3)c1C(N)=S. The predicted molar refractivity (Wildman–Crippen MR) is 87.2 cm³/mol. The number of fused-ring (bicyclic) bond motifs is 2. The normalized spacial score (nSPS) is 25.0. The van der Waals surface area contributed by atoms with E-state index in [2.05, 4.69) is 30.0 Å². The number of benzene rings is 1. The van der Waals surface area contributed by atoms with Crippen molar-refractivity contribution in [3.05, 3.63) is 23.8 Å². The highest BCUT2D eigenvalue weighted by Gasteiger charge is 2.38. The van der Waals surface area contributed by atoms with Crippen molar-refractivity contribution in [2.45, 2.75) is 37.1 Å². The average molecular weight is 292 g/mol. The Labute approximate surface area is 124 Å². The minimum Gasteiger partial charge on any atom is -0.389 e. The van der Waals surface area contributed by atoms with Gasteiger partial charge in [0.1, 0.15) is 4.99 Å². The Kier molecular flexibility index (Phi) is 3.72. The molecule has 2 fully saturated rings. The summed E-state index contributed by atoms with van der Waals surface area (Å²) in [4.78, 5) is 4.31. The topological polar surface area (TPSA) is 29.3 Å². The average Bonchev–Trinajstić information content (AvgIpc) is 3.00. The van der Waals surface area contributed by atoms with Gasteiger partial charge in [-0.1, -0.05) is 25.2 Å². The number of piperidine rings is 1. The highest BCUT2D eigenvalue weighted by atomic mass is 32.2. The molecular formula is C15H20N2S2. The summed E-state index contributed by atoms with van der Waals surface area (Å²) < 4.78 is 0. The number of rotatable bonds is 4. The first-order valence-electron chi connectivity index (χ1n) is 7.03. The first-order valence-corrected chi connectivity index (χ1v) is 8.42. The molecule has 1 saturated carbocycles. The number of nitrogens with two attached hydrogens (primary N) is 1. The fraction of sp³-hybridized carbons (Fsp3) is 0.533. The molecule has 1 aliphatic heterocycles. The van der Waals surface area contributed by atoms with Gasteiger partial charge in [0.25, 0.3) is 0 Å². The van der Waals surface area contributed by atoms with Gasteiger partial charge < -0.3 is 10.6 Å². The summed E-state index contributed by atoms with van der Waals surface area (Å²) in [5.41, 5.74) is 8.36. The van der Waals surface area contributed by atoms with E-state index >= 15 is 0 Å². The summed E-state index contributed by atoms with van der Waals surface area (Å²) >= 11 is 7.14. The molecular weight excluding hydrogens is 272 g/mol. The maximum atomic E-state index is 6.00. The van der Waals surface area contributed by atoms with Gasteiger partial charge >= 0.3 is 0 Å². The maximum absolute atomic E-state index is 6.00. The van der Waals surface area contributed by atoms with Crippen molar-refractivity contribution >= 4 is 34.7 Å². The first-order chi connectivity index (χ1) is 9.20. The standard InChI is InChI=1S/C15H20N2S2/c1-2-19-13-5-3-4-12(14(13)15(16)18)17-9-10-6-7-11(17)8-10/h3-5,10-11H,2,6-9H2,1H3,(H2,16,18). The molecule has 102 valence electrons. The third-order valence-corrected chi connectivity index (χ3v) is 5.41. The van der Waals surface area contributed by atoms with Crippen LogP contribution >= 0.6 is 24.0 Å². The highest BCUT2D eigenvalue weighted by Crippen LogP contribution is 2.42. The number of anilines is 1. The van der Waals surface area contributed by atoms with Crippen LogP contribution in [0.5, 0.6) is 0 Å². The lowest BCUT2D eigenvalue weighted by Crippen LogP contribution is -2.33. The molecule has 2 unspecified atom stereocenters. The number of thioether (sulfide) groups is 1. The summed E-state index contributed by atoms with van der Waals surface area (Å²) in [6, 6.07) is 7.18. The number of hydrogen-bond donors (Lipinski definition) is 1. The Morgan fingerprint density at radius 2 is 2.32 bits per heavy atom. The smallest absolute Gasteiger partial charge is 0.107 e. The Bertz CT molecular complexity index is 501. The van der Waals surface area contributed by atoms with Gasteiger partial charge in [0.2, 0.25) is 0 Å². The van der Waals surface area contributed by atoms with Crippen LogP contribution in [0.1, 0.15) is 31.7 Å². The van der Waals surface area contributed by atoms with Gasteiger partial charge in [-0.15, -0.1) is 11.8 Å². The molecule has 1 aromatic rings. The quantitative estimate of drug-likeness (QED) is 0.680. The predicted octanol–water partition coefficient (Wildman–Crippen LogP) is 3.42. The fourth-order valence-electron chi connectivity index (χ4n) is 3.50. The first kappa shape index (κ1) is 13.3. The second kappa shape index (κ2) is 5.33.